The van der Waals surface area contributed by atoms with E-state index < -0.39 is 0 Å². The van der Waals surface area contributed by atoms with Crippen LogP contribution in [0.1, 0.15) is 11.1 Å². The third kappa shape index (κ3) is 3.44. The molecule has 0 amide bonds. The molecular weight excluding hydrogens is 290 g/mol. The van der Waals surface area contributed by atoms with Crippen LogP contribution in [0.5, 0.6) is 0 Å². The van der Waals surface area contributed by atoms with Gasteiger partial charge in [0.1, 0.15) is 7.11 Å². The molecule has 0 aromatic heterocycles. The third-order valence-corrected chi connectivity index (χ3v) is 3.12. The van der Waals surface area contributed by atoms with E-state index in [-0.39, 0.29) is 0 Å². The van der Waals surface area contributed by atoms with Crippen LogP contribution in [0.4, 0.5) is 0 Å². The van der Waals surface area contributed by atoms with Crippen molar-refractivity contribution < 1.29 is 4.84 Å². The highest BCUT2D eigenvalue weighted by molar-refractivity contribution is 9.10. The first kappa shape index (κ1) is 12.8. The van der Waals surface area contributed by atoms with Gasteiger partial charge in [-0.2, -0.15) is 0 Å². The van der Waals surface area contributed by atoms with Crippen molar-refractivity contribution >= 4 is 21.6 Å². The third-order valence-electron chi connectivity index (χ3n) is 2.59. The molecule has 0 atom stereocenters. The highest BCUT2D eigenvalue weighted by Gasteiger charge is 2.05. The van der Waals surface area contributed by atoms with Gasteiger partial charge in [-0.15, -0.1) is 0 Å². The van der Waals surface area contributed by atoms with E-state index in [1.54, 1.807) is 7.11 Å². The Labute approximate surface area is 115 Å². The zero-order chi connectivity index (χ0) is 12.8. The van der Waals surface area contributed by atoms with E-state index in [4.69, 9.17) is 4.84 Å². The quantitative estimate of drug-likeness (QED) is 0.617. The molecule has 0 radical (unpaired) electrons. The molecule has 2 aromatic rings. The average molecular weight is 304 g/mol. The van der Waals surface area contributed by atoms with E-state index >= 15 is 0 Å². The van der Waals surface area contributed by atoms with E-state index in [1.807, 2.05) is 42.5 Å². The van der Waals surface area contributed by atoms with Gasteiger partial charge < -0.3 is 4.84 Å². The number of nitrogens with zero attached hydrogens (tertiary/aromatic N) is 1. The first-order chi connectivity index (χ1) is 8.79. The molecule has 0 aliphatic heterocycles. The molecule has 0 saturated heterocycles. The topological polar surface area (TPSA) is 21.6 Å². The number of oxime groups is 1. The summed E-state index contributed by atoms with van der Waals surface area (Å²) in [4.78, 5) is 4.93. The van der Waals surface area contributed by atoms with Crippen LogP contribution < -0.4 is 0 Å². The standard InChI is InChI=1S/C15H14BrNO/c1-18-17-15(13-5-3-2-4-6-13)11-12-7-9-14(16)10-8-12/h2-10H,11H2,1H3/b17-15-. The first-order valence-corrected chi connectivity index (χ1v) is 6.49. The predicted octanol–water partition coefficient (Wildman–Crippen LogP) is 4.04. The first-order valence-electron chi connectivity index (χ1n) is 5.69. The Balaban J connectivity index is 2.22. The Morgan fingerprint density at radius 1 is 1.06 bits per heavy atom. The van der Waals surface area contributed by atoms with Gasteiger partial charge in [0.2, 0.25) is 0 Å². The van der Waals surface area contributed by atoms with Crippen molar-refractivity contribution in [1.82, 2.24) is 0 Å². The summed E-state index contributed by atoms with van der Waals surface area (Å²) in [6.45, 7) is 0. The summed E-state index contributed by atoms with van der Waals surface area (Å²) < 4.78 is 1.08. The van der Waals surface area contributed by atoms with Crippen molar-refractivity contribution in [2.45, 2.75) is 6.42 Å². The molecule has 0 fully saturated rings. The molecule has 3 heteroatoms. The molecule has 0 unspecified atom stereocenters. The number of benzene rings is 2. The minimum absolute atomic E-state index is 0.755. The summed E-state index contributed by atoms with van der Waals surface area (Å²) in [5.41, 5.74) is 3.22. The lowest BCUT2D eigenvalue weighted by atomic mass is 10.0. The van der Waals surface area contributed by atoms with Crippen molar-refractivity contribution in [2.24, 2.45) is 5.16 Å². The number of hydrogen-bond acceptors (Lipinski definition) is 2. The lowest BCUT2D eigenvalue weighted by molar-refractivity contribution is 0.213. The predicted molar refractivity (Wildman–Crippen MR) is 77.8 cm³/mol. The zero-order valence-electron chi connectivity index (χ0n) is 10.1. The monoisotopic (exact) mass is 303 g/mol. The van der Waals surface area contributed by atoms with Crippen molar-refractivity contribution in [2.75, 3.05) is 7.11 Å². The van der Waals surface area contributed by atoms with Crippen LogP contribution in [-0.2, 0) is 11.3 Å². The largest absolute Gasteiger partial charge is 0.399 e. The maximum atomic E-state index is 4.93. The minimum Gasteiger partial charge on any atom is -0.399 e. The Kier molecular flexibility index (Phi) is 4.53. The van der Waals surface area contributed by atoms with Gasteiger partial charge in [-0.3, -0.25) is 0 Å². The Morgan fingerprint density at radius 2 is 1.72 bits per heavy atom. The molecule has 0 N–H and O–H groups in total. The SMILES string of the molecule is CO/N=C(/Cc1ccc(Br)cc1)c1ccccc1. The zero-order valence-corrected chi connectivity index (χ0v) is 11.7. The molecule has 0 aliphatic rings. The van der Waals surface area contributed by atoms with Gasteiger partial charge in [-0.25, -0.2) is 0 Å². The lowest BCUT2D eigenvalue weighted by Crippen LogP contribution is -2.05. The van der Waals surface area contributed by atoms with Crippen molar-refractivity contribution in [3.63, 3.8) is 0 Å². The molecule has 0 heterocycles. The van der Waals surface area contributed by atoms with Gasteiger partial charge in [0.15, 0.2) is 0 Å². The summed E-state index contributed by atoms with van der Waals surface area (Å²) in [5, 5.41) is 4.12. The number of halogens is 1. The highest BCUT2D eigenvalue weighted by Crippen LogP contribution is 2.13. The molecule has 2 rings (SSSR count). The molecule has 18 heavy (non-hydrogen) atoms. The smallest absolute Gasteiger partial charge is 0.106 e. The fourth-order valence-corrected chi connectivity index (χ4v) is 1.99. The van der Waals surface area contributed by atoms with Crippen LogP contribution in [0.25, 0.3) is 0 Å². The van der Waals surface area contributed by atoms with Gasteiger partial charge in [0.05, 0.1) is 5.71 Å². The van der Waals surface area contributed by atoms with Crippen molar-refractivity contribution in [3.05, 3.63) is 70.2 Å². The highest BCUT2D eigenvalue weighted by atomic mass is 79.9. The van der Waals surface area contributed by atoms with E-state index in [1.165, 1.54) is 5.56 Å². The van der Waals surface area contributed by atoms with E-state index in [9.17, 15) is 0 Å². The van der Waals surface area contributed by atoms with Gasteiger partial charge >= 0.3 is 0 Å². The summed E-state index contributed by atoms with van der Waals surface area (Å²) in [7, 11) is 1.57. The molecule has 2 aromatic carbocycles. The Morgan fingerprint density at radius 3 is 2.33 bits per heavy atom. The molecule has 0 bridgehead atoms. The molecule has 0 spiro atoms. The average Bonchev–Trinajstić information content (AvgIpc) is 2.42. The summed E-state index contributed by atoms with van der Waals surface area (Å²) in [6.07, 6.45) is 0.755. The maximum Gasteiger partial charge on any atom is 0.106 e. The fraction of sp³-hybridized carbons (Fsp3) is 0.133. The second kappa shape index (κ2) is 6.36. The van der Waals surface area contributed by atoms with Crippen LogP contribution in [-0.4, -0.2) is 12.8 Å². The second-order valence-corrected chi connectivity index (χ2v) is 4.81. The van der Waals surface area contributed by atoms with Gasteiger partial charge in [0, 0.05) is 10.9 Å². The van der Waals surface area contributed by atoms with Gasteiger partial charge in [-0.05, 0) is 23.3 Å². The molecular formula is C15H14BrNO. The number of hydrogen-bond donors (Lipinski definition) is 0. The molecule has 0 aliphatic carbocycles. The minimum atomic E-state index is 0.755. The van der Waals surface area contributed by atoms with E-state index in [2.05, 4.69) is 33.2 Å². The molecule has 0 saturated carbocycles. The summed E-state index contributed by atoms with van der Waals surface area (Å²) in [6, 6.07) is 18.3. The fourth-order valence-electron chi connectivity index (χ4n) is 1.72. The second-order valence-electron chi connectivity index (χ2n) is 3.89. The van der Waals surface area contributed by atoms with Crippen molar-refractivity contribution in [1.29, 1.82) is 0 Å². The normalized spacial score (nSPS) is 11.3. The van der Waals surface area contributed by atoms with Crippen LogP contribution in [0.15, 0.2) is 64.2 Å². The summed E-state index contributed by atoms with van der Waals surface area (Å²) >= 11 is 3.43. The maximum absolute atomic E-state index is 4.93. The van der Waals surface area contributed by atoms with Crippen molar-refractivity contribution in [3.8, 4) is 0 Å². The molecule has 92 valence electrons. The van der Waals surface area contributed by atoms with Crippen LogP contribution in [0, 0.1) is 0 Å². The summed E-state index contributed by atoms with van der Waals surface area (Å²) in [5.74, 6) is 0. The van der Waals surface area contributed by atoms with E-state index in [0.717, 1.165) is 22.2 Å². The van der Waals surface area contributed by atoms with Gasteiger partial charge in [-0.1, -0.05) is 63.6 Å². The lowest BCUT2D eigenvalue weighted by Gasteiger charge is -2.06. The van der Waals surface area contributed by atoms with Crippen LogP contribution in [0.2, 0.25) is 0 Å². The van der Waals surface area contributed by atoms with Crippen LogP contribution >= 0.6 is 15.9 Å². The Bertz CT molecular complexity index is 520. The Hall–Kier alpha value is -1.61. The molecule has 2 nitrogen and oxygen atoms in total. The van der Waals surface area contributed by atoms with Crippen LogP contribution in [0.3, 0.4) is 0 Å². The van der Waals surface area contributed by atoms with E-state index in [0.29, 0.717) is 0 Å². The number of rotatable bonds is 4. The van der Waals surface area contributed by atoms with Gasteiger partial charge in [0.25, 0.3) is 0 Å².